The van der Waals surface area contributed by atoms with Crippen molar-refractivity contribution < 1.29 is 0 Å². The molecular weight excluding hydrogens is 454 g/mol. The van der Waals surface area contributed by atoms with Crippen LogP contribution >= 0.6 is 0 Å². The maximum atomic E-state index is 4.73. The molecule has 3 aromatic rings. The number of nitrogens with zero attached hydrogens (tertiary/aromatic N) is 4. The minimum absolute atomic E-state index is 0.292. The first-order valence-corrected chi connectivity index (χ1v) is 14.2. The molecule has 1 aliphatic carbocycles. The highest BCUT2D eigenvalue weighted by Gasteiger charge is 2.38. The summed E-state index contributed by atoms with van der Waals surface area (Å²) in [7, 11) is 0. The Kier molecular flexibility index (Phi) is 6.36. The molecule has 2 aromatic heterocycles. The molecule has 5 nitrogen and oxygen atoms in total. The van der Waals surface area contributed by atoms with Gasteiger partial charge in [-0.25, -0.2) is 4.98 Å². The minimum Gasteiger partial charge on any atom is -0.370 e. The van der Waals surface area contributed by atoms with E-state index in [1.807, 2.05) is 12.3 Å². The molecule has 4 heterocycles. The van der Waals surface area contributed by atoms with Gasteiger partial charge in [-0.2, -0.15) is 0 Å². The molecule has 1 N–H and O–H groups in total. The van der Waals surface area contributed by atoms with E-state index in [9.17, 15) is 0 Å². The Bertz CT molecular complexity index is 1320. The molecule has 0 unspecified atom stereocenters. The van der Waals surface area contributed by atoms with Gasteiger partial charge >= 0.3 is 0 Å². The van der Waals surface area contributed by atoms with Crippen LogP contribution in [0.3, 0.4) is 0 Å². The second-order valence-corrected chi connectivity index (χ2v) is 11.5. The molecule has 6 rings (SSSR count). The van der Waals surface area contributed by atoms with Crippen LogP contribution in [0, 0.1) is 12.8 Å². The first kappa shape index (κ1) is 24.3. The van der Waals surface area contributed by atoms with E-state index in [1.165, 1.54) is 66.4 Å². The topological polar surface area (TPSA) is 36.3 Å². The number of nitrogens with one attached hydrogen (secondary N) is 1. The van der Waals surface area contributed by atoms with Crippen LogP contribution < -0.4 is 10.2 Å². The minimum atomic E-state index is 0.292. The van der Waals surface area contributed by atoms with Gasteiger partial charge in [0.1, 0.15) is 5.65 Å². The van der Waals surface area contributed by atoms with Gasteiger partial charge in [0.2, 0.25) is 0 Å². The van der Waals surface area contributed by atoms with Gasteiger partial charge < -0.3 is 19.7 Å². The van der Waals surface area contributed by atoms with Crippen LogP contribution in [0.5, 0.6) is 0 Å². The van der Waals surface area contributed by atoms with Crippen molar-refractivity contribution in [3.05, 3.63) is 72.6 Å². The highest BCUT2D eigenvalue weighted by molar-refractivity contribution is 5.87. The smallest absolute Gasteiger partial charge is 0.140 e. The number of fused-ring (bicyclic) bond motifs is 1. The Morgan fingerprint density at radius 1 is 1.16 bits per heavy atom. The van der Waals surface area contributed by atoms with Crippen molar-refractivity contribution in [1.29, 1.82) is 0 Å². The zero-order chi connectivity index (χ0) is 25.6. The quantitative estimate of drug-likeness (QED) is 0.390. The van der Waals surface area contributed by atoms with Crippen molar-refractivity contribution >= 4 is 28.1 Å². The number of rotatable bonds is 8. The van der Waals surface area contributed by atoms with E-state index >= 15 is 0 Å². The first-order valence-electron chi connectivity index (χ1n) is 14.2. The van der Waals surface area contributed by atoms with Crippen molar-refractivity contribution in [1.82, 2.24) is 19.8 Å². The predicted octanol–water partition coefficient (Wildman–Crippen LogP) is 6.44. The number of likely N-dealkylation sites (tertiary alicyclic amines) is 1. The summed E-state index contributed by atoms with van der Waals surface area (Å²) in [5.74, 6) is 0.764. The lowest BCUT2D eigenvalue weighted by molar-refractivity contribution is 0.189. The summed E-state index contributed by atoms with van der Waals surface area (Å²) in [4.78, 5) is 9.60. The normalized spacial score (nSPS) is 21.6. The monoisotopic (exact) mass is 495 g/mol. The Hall–Kier alpha value is -3.05. The molecule has 5 heteroatoms. The van der Waals surface area contributed by atoms with Crippen molar-refractivity contribution in [3.63, 3.8) is 0 Å². The fourth-order valence-corrected chi connectivity index (χ4v) is 6.61. The van der Waals surface area contributed by atoms with Crippen LogP contribution in [0.25, 0.3) is 22.4 Å². The summed E-state index contributed by atoms with van der Waals surface area (Å²) < 4.78 is 2.40. The molecule has 37 heavy (non-hydrogen) atoms. The highest BCUT2D eigenvalue weighted by Crippen LogP contribution is 2.37. The standard InChI is InChI=1S/C32H41N5/c1-5-36(25(4)30-20-28-9-6-16-33-31(28)37(30)21-26-10-11-26)29-13-12-27(19-23(29)2)24(3)35-18-8-15-32(22-35)14-7-17-34-32/h6,9,12-13,16,19-20,26,34H,3-5,7-8,10-11,14-15,17-18,21-22H2,1-2H3/t32-/m0/s1. The fraction of sp³-hybridized carbons (Fsp3) is 0.469. The van der Waals surface area contributed by atoms with E-state index in [-0.39, 0.29) is 0 Å². The van der Waals surface area contributed by atoms with E-state index in [2.05, 4.69) is 77.0 Å². The lowest BCUT2D eigenvalue weighted by Gasteiger charge is -2.42. The van der Waals surface area contributed by atoms with Gasteiger partial charge in [0.15, 0.2) is 0 Å². The van der Waals surface area contributed by atoms with Crippen molar-refractivity contribution in [2.45, 2.75) is 64.5 Å². The van der Waals surface area contributed by atoms with Crippen molar-refractivity contribution in [2.75, 3.05) is 31.1 Å². The predicted molar refractivity (Wildman–Crippen MR) is 155 cm³/mol. The Morgan fingerprint density at radius 2 is 2.00 bits per heavy atom. The third-order valence-corrected chi connectivity index (χ3v) is 8.84. The number of anilines is 1. The average Bonchev–Trinajstić information content (AvgIpc) is 3.51. The lowest BCUT2D eigenvalue weighted by atomic mass is 9.87. The fourth-order valence-electron chi connectivity index (χ4n) is 6.61. The zero-order valence-electron chi connectivity index (χ0n) is 22.6. The number of benzene rings is 1. The van der Waals surface area contributed by atoms with Crippen molar-refractivity contribution in [3.8, 4) is 0 Å². The molecule has 1 atom stereocenters. The van der Waals surface area contributed by atoms with Gasteiger partial charge in [0, 0.05) is 54.7 Å². The van der Waals surface area contributed by atoms with Crippen LogP contribution in [0.15, 0.2) is 55.8 Å². The molecule has 2 saturated heterocycles. The summed E-state index contributed by atoms with van der Waals surface area (Å²) in [6.07, 6.45) is 9.63. The number of aromatic nitrogens is 2. The molecule has 194 valence electrons. The van der Waals surface area contributed by atoms with E-state index in [0.29, 0.717) is 5.54 Å². The number of pyridine rings is 1. The molecule has 1 aromatic carbocycles. The SMILES string of the molecule is C=C(c1ccc(N(CC)C(=C)c2cc3cccnc3n2CC2CC2)c(C)c1)N1CCC[C@@]2(CCCN2)C1. The third kappa shape index (κ3) is 4.59. The maximum Gasteiger partial charge on any atom is 0.140 e. The van der Waals surface area contributed by atoms with Gasteiger partial charge in [-0.3, -0.25) is 0 Å². The molecule has 1 saturated carbocycles. The molecular formula is C32H41N5. The largest absolute Gasteiger partial charge is 0.370 e. The summed E-state index contributed by atoms with van der Waals surface area (Å²) in [6.45, 7) is 18.8. The lowest BCUT2D eigenvalue weighted by Crippen LogP contribution is -2.53. The van der Waals surface area contributed by atoms with Crippen molar-refractivity contribution in [2.24, 2.45) is 5.92 Å². The molecule has 0 radical (unpaired) electrons. The Labute approximate surface area is 221 Å². The molecule has 1 spiro atoms. The summed E-state index contributed by atoms with van der Waals surface area (Å²) in [6, 6.07) is 13.3. The first-order chi connectivity index (χ1) is 18.0. The maximum absolute atomic E-state index is 4.73. The average molecular weight is 496 g/mol. The van der Waals surface area contributed by atoms with Gasteiger partial charge in [-0.15, -0.1) is 0 Å². The van der Waals surface area contributed by atoms with Gasteiger partial charge in [0.25, 0.3) is 0 Å². The summed E-state index contributed by atoms with van der Waals surface area (Å²) in [5.41, 5.74) is 8.44. The number of aryl methyl sites for hydroxylation is 1. The van der Waals surface area contributed by atoms with Gasteiger partial charge in [-0.1, -0.05) is 19.2 Å². The van der Waals surface area contributed by atoms with E-state index in [0.717, 1.165) is 55.7 Å². The second kappa shape index (κ2) is 9.68. The van der Waals surface area contributed by atoms with Crippen LogP contribution in [0.2, 0.25) is 0 Å². The molecule has 0 amide bonds. The number of hydrogen-bond acceptors (Lipinski definition) is 4. The number of piperidine rings is 1. The van der Waals surface area contributed by atoms with E-state index in [1.54, 1.807) is 0 Å². The highest BCUT2D eigenvalue weighted by atomic mass is 15.2. The Morgan fingerprint density at radius 3 is 2.73 bits per heavy atom. The third-order valence-electron chi connectivity index (χ3n) is 8.84. The molecule has 0 bridgehead atoms. The summed E-state index contributed by atoms with van der Waals surface area (Å²) in [5, 5.41) is 4.99. The van der Waals surface area contributed by atoms with Crippen LogP contribution in [-0.2, 0) is 6.54 Å². The number of hydrogen-bond donors (Lipinski definition) is 1. The molecule has 3 fully saturated rings. The van der Waals surface area contributed by atoms with Crippen LogP contribution in [-0.4, -0.2) is 46.2 Å². The molecule has 3 aliphatic rings. The second-order valence-electron chi connectivity index (χ2n) is 11.5. The van der Waals surface area contributed by atoms with Gasteiger partial charge in [-0.05, 0) is 106 Å². The van der Waals surface area contributed by atoms with Crippen LogP contribution in [0.4, 0.5) is 5.69 Å². The van der Waals surface area contributed by atoms with Crippen LogP contribution in [0.1, 0.15) is 62.3 Å². The zero-order valence-corrected chi connectivity index (χ0v) is 22.6. The van der Waals surface area contributed by atoms with E-state index in [4.69, 9.17) is 4.98 Å². The Balaban J connectivity index is 1.26. The summed E-state index contributed by atoms with van der Waals surface area (Å²) >= 11 is 0. The molecule has 2 aliphatic heterocycles. The van der Waals surface area contributed by atoms with E-state index < -0.39 is 0 Å². The van der Waals surface area contributed by atoms with Gasteiger partial charge in [0.05, 0.1) is 11.4 Å².